The smallest absolute Gasteiger partial charge is 0.252 e. The van der Waals surface area contributed by atoms with Crippen LogP contribution in [-0.2, 0) is 19.5 Å². The first-order valence-electron chi connectivity index (χ1n) is 10.6. The van der Waals surface area contributed by atoms with Crippen molar-refractivity contribution in [2.75, 3.05) is 18.9 Å². The lowest BCUT2D eigenvalue weighted by Crippen LogP contribution is -2.19. The van der Waals surface area contributed by atoms with Crippen molar-refractivity contribution in [1.82, 2.24) is 20.0 Å². The number of aromatic nitrogens is 3. The molecule has 4 aromatic rings. The minimum atomic E-state index is -0.561. The SMILES string of the molecule is CN1CCCc2nc(-c3noc4c(C(N)=O)cccc34)nc(NCc3ccccc3)c2C1. The second kappa shape index (κ2) is 8.39. The maximum absolute atomic E-state index is 11.8. The van der Waals surface area contributed by atoms with Gasteiger partial charge in [0.05, 0.1) is 16.6 Å². The average molecular weight is 428 g/mol. The first kappa shape index (κ1) is 20.1. The Balaban J connectivity index is 1.60. The fourth-order valence-corrected chi connectivity index (χ4v) is 4.12. The van der Waals surface area contributed by atoms with Crippen molar-refractivity contribution in [2.24, 2.45) is 5.73 Å². The Morgan fingerprint density at radius 1 is 1.16 bits per heavy atom. The molecule has 0 atom stereocenters. The summed E-state index contributed by atoms with van der Waals surface area (Å²) in [5.41, 5.74) is 9.93. The lowest BCUT2D eigenvalue weighted by atomic mass is 10.1. The van der Waals surface area contributed by atoms with E-state index in [1.165, 1.54) is 5.56 Å². The van der Waals surface area contributed by atoms with Crippen LogP contribution in [0.5, 0.6) is 0 Å². The van der Waals surface area contributed by atoms with E-state index in [9.17, 15) is 4.79 Å². The number of carbonyl (C=O) groups is 1. The van der Waals surface area contributed by atoms with Crippen LogP contribution in [0, 0.1) is 0 Å². The number of para-hydroxylation sites is 1. The van der Waals surface area contributed by atoms with Crippen molar-refractivity contribution < 1.29 is 9.32 Å². The number of anilines is 1. The molecule has 0 fully saturated rings. The van der Waals surface area contributed by atoms with Gasteiger partial charge in [0, 0.05) is 18.7 Å². The predicted molar refractivity (Wildman–Crippen MR) is 122 cm³/mol. The van der Waals surface area contributed by atoms with Crippen LogP contribution >= 0.6 is 0 Å². The molecule has 1 aliphatic heterocycles. The Labute approximate surface area is 185 Å². The van der Waals surface area contributed by atoms with Gasteiger partial charge >= 0.3 is 0 Å². The lowest BCUT2D eigenvalue weighted by molar-refractivity contribution is 0.100. The third-order valence-electron chi connectivity index (χ3n) is 5.75. The van der Waals surface area contributed by atoms with E-state index < -0.39 is 5.91 Å². The summed E-state index contributed by atoms with van der Waals surface area (Å²) in [5.74, 6) is 0.712. The quantitative estimate of drug-likeness (QED) is 0.501. The molecule has 0 aliphatic carbocycles. The number of rotatable bonds is 5. The zero-order chi connectivity index (χ0) is 22.1. The summed E-state index contributed by atoms with van der Waals surface area (Å²) < 4.78 is 5.49. The van der Waals surface area contributed by atoms with E-state index in [0.717, 1.165) is 43.0 Å². The van der Waals surface area contributed by atoms with Crippen LogP contribution in [0.2, 0.25) is 0 Å². The molecule has 2 aromatic heterocycles. The number of nitrogens with one attached hydrogen (secondary N) is 1. The molecule has 0 saturated carbocycles. The number of carbonyl (C=O) groups excluding carboxylic acids is 1. The molecule has 3 heterocycles. The Morgan fingerprint density at radius 3 is 2.81 bits per heavy atom. The van der Waals surface area contributed by atoms with Crippen LogP contribution in [0.4, 0.5) is 5.82 Å². The van der Waals surface area contributed by atoms with E-state index in [-0.39, 0.29) is 0 Å². The standard InChI is InChI=1S/C24H24N6O2/c1-30-12-6-11-19-18(14-30)23(26-13-15-7-3-2-4-8-15)28-24(27-19)20-16-9-5-10-17(22(25)31)21(16)32-29-20/h2-5,7-10H,6,11-14H2,1H3,(H2,25,31)(H,26,27,28). The van der Waals surface area contributed by atoms with Crippen molar-refractivity contribution in [3.8, 4) is 11.5 Å². The number of primary amides is 1. The molecule has 32 heavy (non-hydrogen) atoms. The average Bonchev–Trinajstić information content (AvgIpc) is 3.14. The number of benzene rings is 2. The molecule has 1 aliphatic rings. The summed E-state index contributed by atoms with van der Waals surface area (Å²) in [6.07, 6.45) is 1.88. The maximum Gasteiger partial charge on any atom is 0.252 e. The molecule has 3 N–H and O–H groups in total. The topological polar surface area (TPSA) is 110 Å². The third kappa shape index (κ3) is 3.80. The minimum Gasteiger partial charge on any atom is -0.366 e. The monoisotopic (exact) mass is 428 g/mol. The maximum atomic E-state index is 11.8. The largest absolute Gasteiger partial charge is 0.366 e. The first-order chi connectivity index (χ1) is 15.6. The van der Waals surface area contributed by atoms with Gasteiger partial charge in [0.1, 0.15) is 5.82 Å². The normalized spacial score (nSPS) is 14.2. The summed E-state index contributed by atoms with van der Waals surface area (Å²) in [5, 5.41) is 8.38. The van der Waals surface area contributed by atoms with Gasteiger partial charge in [0.15, 0.2) is 17.1 Å². The van der Waals surface area contributed by atoms with Gasteiger partial charge in [-0.1, -0.05) is 41.6 Å². The van der Waals surface area contributed by atoms with Crippen LogP contribution in [0.1, 0.15) is 33.6 Å². The first-order valence-corrected chi connectivity index (χ1v) is 10.6. The van der Waals surface area contributed by atoms with Crippen LogP contribution < -0.4 is 11.1 Å². The molecule has 0 saturated heterocycles. The van der Waals surface area contributed by atoms with Gasteiger partial charge < -0.3 is 20.5 Å². The van der Waals surface area contributed by atoms with Gasteiger partial charge in [-0.05, 0) is 44.1 Å². The van der Waals surface area contributed by atoms with Crippen LogP contribution in [0.3, 0.4) is 0 Å². The molecule has 0 radical (unpaired) electrons. The Morgan fingerprint density at radius 2 is 2.00 bits per heavy atom. The number of nitrogens with zero attached hydrogens (tertiary/aromatic N) is 4. The number of fused-ring (bicyclic) bond motifs is 2. The van der Waals surface area contributed by atoms with Crippen molar-refractivity contribution in [1.29, 1.82) is 0 Å². The molecular weight excluding hydrogens is 404 g/mol. The van der Waals surface area contributed by atoms with Gasteiger partial charge in [-0.15, -0.1) is 0 Å². The Kier molecular flexibility index (Phi) is 5.28. The molecule has 0 bridgehead atoms. The number of amides is 1. The number of hydrogen-bond acceptors (Lipinski definition) is 7. The fourth-order valence-electron chi connectivity index (χ4n) is 4.12. The van der Waals surface area contributed by atoms with Crippen molar-refractivity contribution in [3.05, 3.63) is 70.9 Å². The minimum absolute atomic E-state index is 0.292. The lowest BCUT2D eigenvalue weighted by Gasteiger charge is -2.17. The van der Waals surface area contributed by atoms with E-state index in [1.807, 2.05) is 24.3 Å². The predicted octanol–water partition coefficient (Wildman–Crippen LogP) is 3.37. The second-order valence-corrected chi connectivity index (χ2v) is 8.08. The molecule has 162 valence electrons. The summed E-state index contributed by atoms with van der Waals surface area (Å²) in [6, 6.07) is 15.4. The zero-order valence-electron chi connectivity index (χ0n) is 17.8. The molecular formula is C24H24N6O2. The zero-order valence-corrected chi connectivity index (χ0v) is 17.8. The van der Waals surface area contributed by atoms with E-state index in [4.69, 9.17) is 20.2 Å². The van der Waals surface area contributed by atoms with Gasteiger partial charge in [-0.2, -0.15) is 0 Å². The van der Waals surface area contributed by atoms with Gasteiger partial charge in [0.25, 0.3) is 5.91 Å². The number of nitrogens with two attached hydrogens (primary N) is 1. The van der Waals surface area contributed by atoms with Gasteiger partial charge in [0.2, 0.25) is 0 Å². The molecule has 8 heteroatoms. The summed E-state index contributed by atoms with van der Waals surface area (Å²) in [7, 11) is 2.11. The Hall–Kier alpha value is -3.78. The van der Waals surface area contributed by atoms with E-state index in [1.54, 1.807) is 12.1 Å². The van der Waals surface area contributed by atoms with E-state index >= 15 is 0 Å². The Bertz CT molecular complexity index is 1280. The molecule has 0 spiro atoms. The number of aryl methyl sites for hydroxylation is 1. The van der Waals surface area contributed by atoms with Crippen LogP contribution in [0.25, 0.3) is 22.5 Å². The highest BCUT2D eigenvalue weighted by Gasteiger charge is 2.23. The van der Waals surface area contributed by atoms with E-state index in [2.05, 4.69) is 34.6 Å². The van der Waals surface area contributed by atoms with Gasteiger partial charge in [-0.25, -0.2) is 9.97 Å². The number of hydrogen-bond donors (Lipinski definition) is 2. The highest BCUT2D eigenvalue weighted by molar-refractivity contribution is 6.06. The second-order valence-electron chi connectivity index (χ2n) is 8.08. The summed E-state index contributed by atoms with van der Waals surface area (Å²) in [6.45, 7) is 2.43. The fraction of sp³-hybridized carbons (Fsp3) is 0.250. The molecule has 2 aromatic carbocycles. The van der Waals surface area contributed by atoms with Crippen LogP contribution in [0.15, 0.2) is 53.1 Å². The van der Waals surface area contributed by atoms with Crippen molar-refractivity contribution in [2.45, 2.75) is 25.9 Å². The van der Waals surface area contributed by atoms with Gasteiger partial charge in [-0.3, -0.25) is 4.79 Å². The van der Waals surface area contributed by atoms with Crippen molar-refractivity contribution in [3.63, 3.8) is 0 Å². The summed E-state index contributed by atoms with van der Waals surface area (Å²) >= 11 is 0. The third-order valence-corrected chi connectivity index (χ3v) is 5.75. The van der Waals surface area contributed by atoms with Crippen molar-refractivity contribution >= 4 is 22.7 Å². The molecule has 8 nitrogen and oxygen atoms in total. The highest BCUT2D eigenvalue weighted by atomic mass is 16.5. The molecule has 5 rings (SSSR count). The van der Waals surface area contributed by atoms with E-state index in [0.29, 0.717) is 34.6 Å². The molecule has 1 amide bonds. The molecule has 0 unspecified atom stereocenters. The highest BCUT2D eigenvalue weighted by Crippen LogP contribution is 2.31. The summed E-state index contributed by atoms with van der Waals surface area (Å²) in [4.78, 5) is 23.8. The van der Waals surface area contributed by atoms with Crippen LogP contribution in [-0.4, -0.2) is 39.5 Å².